The zero-order valence-corrected chi connectivity index (χ0v) is 14.7. The van der Waals surface area contributed by atoms with Gasteiger partial charge in [0.15, 0.2) is 0 Å². The molecule has 6 heteroatoms. The number of carbonyl (C=O) groups excluding carboxylic acids is 1. The van der Waals surface area contributed by atoms with Gasteiger partial charge in [0.05, 0.1) is 10.0 Å². The predicted molar refractivity (Wildman–Crippen MR) is 98.0 cm³/mol. The molecule has 4 rings (SSSR count). The Kier molecular flexibility index (Phi) is 3.97. The van der Waals surface area contributed by atoms with E-state index in [1.54, 1.807) is 24.3 Å². The SMILES string of the molecule is O=C(NCC1(c2c[nH]c3cc(F)ccc23)CC1)c1ccc(Cl)c(Cl)c1. The fourth-order valence-corrected chi connectivity index (χ4v) is 3.52. The largest absolute Gasteiger partial charge is 0.361 e. The van der Waals surface area contributed by atoms with Crippen molar-refractivity contribution >= 4 is 40.0 Å². The van der Waals surface area contributed by atoms with E-state index >= 15 is 0 Å². The average molecular weight is 377 g/mol. The van der Waals surface area contributed by atoms with Gasteiger partial charge in [-0.25, -0.2) is 4.39 Å². The number of benzene rings is 2. The summed E-state index contributed by atoms with van der Waals surface area (Å²) in [6.45, 7) is 0.524. The van der Waals surface area contributed by atoms with E-state index in [4.69, 9.17) is 23.2 Å². The molecule has 0 aliphatic heterocycles. The quantitative estimate of drug-likeness (QED) is 0.655. The second-order valence-corrected chi connectivity index (χ2v) is 7.30. The summed E-state index contributed by atoms with van der Waals surface area (Å²) in [6.07, 6.45) is 3.89. The standard InChI is InChI=1S/C19H15Cl2FN2O/c20-15-4-1-11(7-16(15)21)18(25)24-10-19(5-6-19)14-9-23-17-8-12(22)2-3-13(14)17/h1-4,7-9,23H,5-6,10H2,(H,24,25). The summed E-state index contributed by atoms with van der Waals surface area (Å²) in [4.78, 5) is 15.5. The van der Waals surface area contributed by atoms with Crippen molar-refractivity contribution in [1.82, 2.24) is 10.3 Å². The smallest absolute Gasteiger partial charge is 0.251 e. The van der Waals surface area contributed by atoms with Crippen LogP contribution in [0.3, 0.4) is 0 Å². The lowest BCUT2D eigenvalue weighted by molar-refractivity contribution is 0.0949. The summed E-state index contributed by atoms with van der Waals surface area (Å²) in [5.74, 6) is -0.450. The second kappa shape index (κ2) is 6.04. The van der Waals surface area contributed by atoms with Gasteiger partial charge < -0.3 is 10.3 Å². The Morgan fingerprint density at radius 3 is 2.68 bits per heavy atom. The van der Waals surface area contributed by atoms with Crippen molar-refractivity contribution in [2.75, 3.05) is 6.54 Å². The van der Waals surface area contributed by atoms with Gasteiger partial charge >= 0.3 is 0 Å². The monoisotopic (exact) mass is 376 g/mol. The molecule has 0 atom stereocenters. The molecule has 0 bridgehead atoms. The lowest BCUT2D eigenvalue weighted by atomic mass is 9.95. The maximum Gasteiger partial charge on any atom is 0.251 e. The van der Waals surface area contributed by atoms with Crippen LogP contribution in [-0.4, -0.2) is 17.4 Å². The van der Waals surface area contributed by atoms with Crippen LogP contribution in [0.2, 0.25) is 10.0 Å². The van der Waals surface area contributed by atoms with Crippen molar-refractivity contribution in [3.8, 4) is 0 Å². The highest BCUT2D eigenvalue weighted by molar-refractivity contribution is 6.42. The molecular weight excluding hydrogens is 362 g/mol. The van der Waals surface area contributed by atoms with Gasteiger partial charge in [0.1, 0.15) is 5.82 Å². The number of amides is 1. The van der Waals surface area contributed by atoms with E-state index in [1.807, 2.05) is 6.20 Å². The van der Waals surface area contributed by atoms with Gasteiger partial charge in [-0.15, -0.1) is 0 Å². The van der Waals surface area contributed by atoms with Crippen molar-refractivity contribution in [2.24, 2.45) is 0 Å². The second-order valence-electron chi connectivity index (χ2n) is 6.48. The Morgan fingerprint density at radius 1 is 1.16 bits per heavy atom. The summed E-state index contributed by atoms with van der Waals surface area (Å²) in [5.41, 5.74) is 2.28. The van der Waals surface area contributed by atoms with Crippen LogP contribution in [0.15, 0.2) is 42.6 Å². The van der Waals surface area contributed by atoms with Gasteiger partial charge in [-0.2, -0.15) is 0 Å². The zero-order chi connectivity index (χ0) is 17.6. The summed E-state index contributed by atoms with van der Waals surface area (Å²) in [5, 5.41) is 4.76. The molecule has 1 aliphatic rings. The Balaban J connectivity index is 1.53. The molecule has 1 amide bonds. The number of fused-ring (bicyclic) bond motifs is 1. The molecule has 0 saturated heterocycles. The minimum atomic E-state index is -0.265. The number of aromatic nitrogens is 1. The van der Waals surface area contributed by atoms with Crippen molar-refractivity contribution in [3.63, 3.8) is 0 Å². The van der Waals surface area contributed by atoms with Crippen LogP contribution >= 0.6 is 23.2 Å². The van der Waals surface area contributed by atoms with Gasteiger partial charge in [-0.05, 0) is 54.8 Å². The van der Waals surface area contributed by atoms with Crippen LogP contribution in [-0.2, 0) is 5.41 Å². The van der Waals surface area contributed by atoms with Gasteiger partial charge in [0.2, 0.25) is 0 Å². The molecule has 0 radical (unpaired) electrons. The van der Waals surface area contributed by atoms with E-state index in [-0.39, 0.29) is 17.1 Å². The predicted octanol–water partition coefficient (Wildman–Crippen LogP) is 5.08. The van der Waals surface area contributed by atoms with E-state index in [2.05, 4.69) is 10.3 Å². The van der Waals surface area contributed by atoms with E-state index < -0.39 is 0 Å². The number of aromatic amines is 1. The molecule has 1 aromatic heterocycles. The molecule has 0 spiro atoms. The number of halogens is 3. The molecule has 3 nitrogen and oxygen atoms in total. The van der Waals surface area contributed by atoms with Crippen molar-refractivity contribution in [1.29, 1.82) is 0 Å². The molecule has 128 valence electrons. The molecule has 1 fully saturated rings. The Hall–Kier alpha value is -2.04. The lowest BCUT2D eigenvalue weighted by Crippen LogP contribution is -2.32. The molecule has 0 unspecified atom stereocenters. The Bertz CT molecular complexity index is 979. The summed E-state index contributed by atoms with van der Waals surface area (Å²) < 4.78 is 13.4. The number of rotatable bonds is 4. The highest BCUT2D eigenvalue weighted by Crippen LogP contribution is 2.50. The summed E-state index contributed by atoms with van der Waals surface area (Å²) >= 11 is 11.9. The van der Waals surface area contributed by atoms with Crippen LogP contribution in [0.4, 0.5) is 4.39 Å². The third kappa shape index (κ3) is 3.00. The van der Waals surface area contributed by atoms with Crippen molar-refractivity contribution in [3.05, 3.63) is 69.6 Å². The molecule has 1 heterocycles. The maximum absolute atomic E-state index is 13.4. The maximum atomic E-state index is 13.4. The van der Waals surface area contributed by atoms with E-state index in [0.29, 0.717) is 22.2 Å². The fourth-order valence-electron chi connectivity index (χ4n) is 3.22. The van der Waals surface area contributed by atoms with Crippen LogP contribution < -0.4 is 5.32 Å². The number of hydrogen-bond acceptors (Lipinski definition) is 1. The first kappa shape index (κ1) is 16.4. The first-order valence-electron chi connectivity index (χ1n) is 7.99. The van der Waals surface area contributed by atoms with Crippen LogP contribution in [0, 0.1) is 5.82 Å². The zero-order valence-electron chi connectivity index (χ0n) is 13.2. The first-order chi connectivity index (χ1) is 12.0. The normalized spacial score (nSPS) is 15.3. The molecule has 2 N–H and O–H groups in total. The van der Waals surface area contributed by atoms with Crippen LogP contribution in [0.1, 0.15) is 28.8 Å². The summed E-state index contributed by atoms with van der Waals surface area (Å²) in [6, 6.07) is 9.56. The number of carbonyl (C=O) groups is 1. The number of hydrogen-bond donors (Lipinski definition) is 2. The lowest BCUT2D eigenvalue weighted by Gasteiger charge is -2.16. The fraction of sp³-hybridized carbons (Fsp3) is 0.211. The van der Waals surface area contributed by atoms with Gasteiger partial charge in [0, 0.05) is 34.6 Å². The Morgan fingerprint density at radius 2 is 1.96 bits per heavy atom. The van der Waals surface area contributed by atoms with Crippen molar-refractivity contribution in [2.45, 2.75) is 18.3 Å². The molecule has 1 saturated carbocycles. The molecule has 2 aromatic carbocycles. The van der Waals surface area contributed by atoms with Crippen LogP contribution in [0.5, 0.6) is 0 Å². The Labute approximate surface area is 154 Å². The van der Waals surface area contributed by atoms with Gasteiger partial charge in [0.25, 0.3) is 5.91 Å². The molecule has 3 aromatic rings. The number of H-pyrrole nitrogens is 1. The van der Waals surface area contributed by atoms with Gasteiger partial charge in [-0.1, -0.05) is 23.2 Å². The summed E-state index contributed by atoms with van der Waals surface area (Å²) in [7, 11) is 0. The minimum absolute atomic E-state index is 0.0953. The average Bonchev–Trinajstić information content (AvgIpc) is 3.27. The third-order valence-corrected chi connectivity index (χ3v) is 5.58. The minimum Gasteiger partial charge on any atom is -0.361 e. The van der Waals surface area contributed by atoms with Crippen LogP contribution in [0.25, 0.3) is 10.9 Å². The molecule has 1 aliphatic carbocycles. The van der Waals surface area contributed by atoms with Crippen molar-refractivity contribution < 1.29 is 9.18 Å². The first-order valence-corrected chi connectivity index (χ1v) is 8.74. The molecular formula is C19H15Cl2FN2O. The highest BCUT2D eigenvalue weighted by atomic mass is 35.5. The molecule has 25 heavy (non-hydrogen) atoms. The van der Waals surface area contributed by atoms with E-state index in [0.717, 1.165) is 29.3 Å². The van der Waals surface area contributed by atoms with E-state index in [1.165, 1.54) is 12.1 Å². The highest BCUT2D eigenvalue weighted by Gasteiger charge is 2.45. The number of nitrogens with one attached hydrogen (secondary N) is 2. The van der Waals surface area contributed by atoms with E-state index in [9.17, 15) is 9.18 Å². The van der Waals surface area contributed by atoms with Gasteiger partial charge in [-0.3, -0.25) is 4.79 Å². The third-order valence-electron chi connectivity index (χ3n) is 4.84. The topological polar surface area (TPSA) is 44.9 Å².